The highest BCUT2D eigenvalue weighted by Gasteiger charge is 1.99. The Labute approximate surface area is 72.4 Å². The highest BCUT2D eigenvalue weighted by molar-refractivity contribution is 5.38. The number of aryl methyl sites for hydroxylation is 1. The van der Waals surface area contributed by atoms with Crippen molar-refractivity contribution in [2.45, 2.75) is 13.8 Å². The van der Waals surface area contributed by atoms with Crippen LogP contribution >= 0.6 is 0 Å². The second kappa shape index (κ2) is 3.77. The van der Waals surface area contributed by atoms with Gasteiger partial charge in [0.25, 0.3) is 0 Å². The summed E-state index contributed by atoms with van der Waals surface area (Å²) in [6.45, 7) is 4.13. The molecular formula is C10H11NO. The molecule has 1 rings (SSSR count). The van der Waals surface area contributed by atoms with Gasteiger partial charge in [-0.15, -0.1) is 0 Å². The van der Waals surface area contributed by atoms with Crippen LogP contribution in [0.25, 0.3) is 0 Å². The summed E-state index contributed by atoms with van der Waals surface area (Å²) in [5.41, 5.74) is 2.29. The smallest absolute Gasteiger partial charge is 0.174 e. The Balaban J connectivity index is 2.86. The van der Waals surface area contributed by atoms with E-state index in [1.165, 1.54) is 5.56 Å². The lowest BCUT2D eigenvalue weighted by Crippen LogP contribution is -1.96. The molecule has 0 heterocycles. The van der Waals surface area contributed by atoms with Crippen molar-refractivity contribution in [3.8, 4) is 11.8 Å². The van der Waals surface area contributed by atoms with Gasteiger partial charge in [-0.2, -0.15) is 5.26 Å². The molecule has 0 radical (unpaired) electrons. The van der Waals surface area contributed by atoms with Crippen molar-refractivity contribution in [3.63, 3.8) is 0 Å². The van der Waals surface area contributed by atoms with Crippen molar-refractivity contribution in [2.24, 2.45) is 0 Å². The SMILES string of the molecule is Cc1cccc(OCC#N)c1C. The molecule has 0 N–H and O–H groups in total. The van der Waals surface area contributed by atoms with E-state index in [2.05, 4.69) is 0 Å². The summed E-state index contributed by atoms with van der Waals surface area (Å²) in [7, 11) is 0. The van der Waals surface area contributed by atoms with E-state index < -0.39 is 0 Å². The van der Waals surface area contributed by atoms with Crippen LogP contribution in [0.5, 0.6) is 5.75 Å². The fourth-order valence-electron chi connectivity index (χ4n) is 0.991. The predicted octanol–water partition coefficient (Wildman–Crippen LogP) is 2.21. The van der Waals surface area contributed by atoms with Crippen LogP contribution in [0.3, 0.4) is 0 Å². The third-order valence-electron chi connectivity index (χ3n) is 1.85. The molecule has 0 saturated carbocycles. The third-order valence-corrected chi connectivity index (χ3v) is 1.85. The van der Waals surface area contributed by atoms with Gasteiger partial charge in [-0.25, -0.2) is 0 Å². The zero-order valence-corrected chi connectivity index (χ0v) is 7.29. The Kier molecular flexibility index (Phi) is 2.71. The Morgan fingerprint density at radius 1 is 1.42 bits per heavy atom. The van der Waals surface area contributed by atoms with E-state index in [-0.39, 0.29) is 6.61 Å². The number of hydrogen-bond acceptors (Lipinski definition) is 2. The van der Waals surface area contributed by atoms with Gasteiger partial charge in [0.05, 0.1) is 0 Å². The molecule has 62 valence electrons. The van der Waals surface area contributed by atoms with Crippen LogP contribution in [0.4, 0.5) is 0 Å². The van der Waals surface area contributed by atoms with Gasteiger partial charge in [-0.05, 0) is 31.0 Å². The van der Waals surface area contributed by atoms with E-state index >= 15 is 0 Å². The zero-order valence-electron chi connectivity index (χ0n) is 7.29. The monoisotopic (exact) mass is 161 g/mol. The Morgan fingerprint density at radius 2 is 2.17 bits per heavy atom. The number of rotatable bonds is 2. The molecule has 1 aromatic carbocycles. The minimum atomic E-state index is 0.115. The van der Waals surface area contributed by atoms with Crippen LogP contribution in [0.2, 0.25) is 0 Å². The Morgan fingerprint density at radius 3 is 2.83 bits per heavy atom. The van der Waals surface area contributed by atoms with Gasteiger partial charge in [0.1, 0.15) is 11.8 Å². The summed E-state index contributed by atoms with van der Waals surface area (Å²) in [5.74, 6) is 0.802. The maximum atomic E-state index is 8.31. The van der Waals surface area contributed by atoms with Crippen molar-refractivity contribution in [2.75, 3.05) is 6.61 Å². The number of hydrogen-bond donors (Lipinski definition) is 0. The van der Waals surface area contributed by atoms with Crippen LogP contribution in [0.15, 0.2) is 18.2 Å². The summed E-state index contributed by atoms with van der Waals surface area (Å²) in [4.78, 5) is 0. The fraction of sp³-hybridized carbons (Fsp3) is 0.300. The fourth-order valence-corrected chi connectivity index (χ4v) is 0.991. The van der Waals surface area contributed by atoms with Crippen molar-refractivity contribution in [1.82, 2.24) is 0 Å². The minimum Gasteiger partial charge on any atom is -0.478 e. The molecule has 0 spiro atoms. The van der Waals surface area contributed by atoms with Gasteiger partial charge >= 0.3 is 0 Å². The average Bonchev–Trinajstić information content (AvgIpc) is 2.08. The topological polar surface area (TPSA) is 33.0 Å². The summed E-state index contributed by atoms with van der Waals surface area (Å²) >= 11 is 0. The van der Waals surface area contributed by atoms with E-state index in [1.807, 2.05) is 38.1 Å². The first-order valence-electron chi connectivity index (χ1n) is 3.81. The second-order valence-corrected chi connectivity index (χ2v) is 2.64. The van der Waals surface area contributed by atoms with Crippen molar-refractivity contribution in [3.05, 3.63) is 29.3 Å². The molecule has 1 aromatic rings. The molecule has 0 unspecified atom stereocenters. The number of benzene rings is 1. The maximum Gasteiger partial charge on any atom is 0.174 e. The van der Waals surface area contributed by atoms with E-state index in [0.717, 1.165) is 11.3 Å². The van der Waals surface area contributed by atoms with Crippen molar-refractivity contribution < 1.29 is 4.74 Å². The van der Waals surface area contributed by atoms with Crippen LogP contribution in [-0.4, -0.2) is 6.61 Å². The molecule has 0 bridgehead atoms. The van der Waals surface area contributed by atoms with Gasteiger partial charge in [-0.3, -0.25) is 0 Å². The molecule has 0 aliphatic carbocycles. The lowest BCUT2D eigenvalue weighted by molar-refractivity contribution is 0.365. The van der Waals surface area contributed by atoms with Gasteiger partial charge < -0.3 is 4.74 Å². The molecule has 0 aromatic heterocycles. The van der Waals surface area contributed by atoms with Gasteiger partial charge in [0.15, 0.2) is 6.61 Å². The van der Waals surface area contributed by atoms with E-state index in [9.17, 15) is 0 Å². The normalized spacial score (nSPS) is 9.08. The van der Waals surface area contributed by atoms with Crippen LogP contribution in [-0.2, 0) is 0 Å². The number of nitriles is 1. The van der Waals surface area contributed by atoms with Crippen molar-refractivity contribution in [1.29, 1.82) is 5.26 Å². The zero-order chi connectivity index (χ0) is 8.97. The van der Waals surface area contributed by atoms with Gasteiger partial charge in [0.2, 0.25) is 0 Å². The first kappa shape index (κ1) is 8.61. The van der Waals surface area contributed by atoms with Gasteiger partial charge in [-0.1, -0.05) is 12.1 Å². The van der Waals surface area contributed by atoms with Crippen molar-refractivity contribution >= 4 is 0 Å². The molecule has 0 aliphatic heterocycles. The largest absolute Gasteiger partial charge is 0.478 e. The highest BCUT2D eigenvalue weighted by atomic mass is 16.5. The molecule has 2 heteroatoms. The van der Waals surface area contributed by atoms with E-state index in [0.29, 0.717) is 0 Å². The van der Waals surface area contributed by atoms with Crippen LogP contribution in [0, 0.1) is 25.2 Å². The predicted molar refractivity (Wildman–Crippen MR) is 47.0 cm³/mol. The molecule has 2 nitrogen and oxygen atoms in total. The summed E-state index contributed by atoms with van der Waals surface area (Å²) < 4.78 is 5.21. The number of nitrogens with zero attached hydrogens (tertiary/aromatic N) is 1. The minimum absolute atomic E-state index is 0.115. The lowest BCUT2D eigenvalue weighted by atomic mass is 10.1. The second-order valence-electron chi connectivity index (χ2n) is 2.64. The Hall–Kier alpha value is -1.49. The number of ether oxygens (including phenoxy) is 1. The summed E-state index contributed by atoms with van der Waals surface area (Å²) in [6.07, 6.45) is 0. The maximum absolute atomic E-state index is 8.31. The van der Waals surface area contributed by atoms with Crippen LogP contribution < -0.4 is 4.74 Å². The molecule has 12 heavy (non-hydrogen) atoms. The van der Waals surface area contributed by atoms with E-state index in [4.69, 9.17) is 10.00 Å². The van der Waals surface area contributed by atoms with Gasteiger partial charge in [0, 0.05) is 0 Å². The molecule has 0 amide bonds. The molecule has 0 saturated heterocycles. The first-order chi connectivity index (χ1) is 5.75. The molecule has 0 fully saturated rings. The molecule has 0 aliphatic rings. The quantitative estimate of drug-likeness (QED) is 0.666. The summed E-state index contributed by atoms with van der Waals surface area (Å²) in [6, 6.07) is 7.76. The molecular weight excluding hydrogens is 150 g/mol. The highest BCUT2D eigenvalue weighted by Crippen LogP contribution is 2.19. The summed E-state index contributed by atoms with van der Waals surface area (Å²) in [5, 5.41) is 8.31. The standard InChI is InChI=1S/C10H11NO/c1-8-4-3-5-10(9(8)2)12-7-6-11/h3-5H,7H2,1-2H3. The first-order valence-corrected chi connectivity index (χ1v) is 3.81. The lowest BCUT2D eigenvalue weighted by Gasteiger charge is -2.06. The van der Waals surface area contributed by atoms with Crippen LogP contribution in [0.1, 0.15) is 11.1 Å². The van der Waals surface area contributed by atoms with E-state index in [1.54, 1.807) is 0 Å². The average molecular weight is 161 g/mol. The third kappa shape index (κ3) is 1.76. The molecule has 0 atom stereocenters. The Bertz CT molecular complexity index is 312.